The second-order valence-corrected chi connectivity index (χ2v) is 7.82. The zero-order valence-corrected chi connectivity index (χ0v) is 15.7. The lowest BCUT2D eigenvalue weighted by Gasteiger charge is -2.17. The molecule has 144 valence electrons. The van der Waals surface area contributed by atoms with E-state index in [1.54, 1.807) is 6.20 Å². The number of pyridine rings is 2. The highest BCUT2D eigenvalue weighted by molar-refractivity contribution is 5.80. The summed E-state index contributed by atoms with van der Waals surface area (Å²) in [6.45, 7) is 0. The monoisotopic (exact) mass is 385 g/mol. The van der Waals surface area contributed by atoms with E-state index in [0.29, 0.717) is 23.4 Å². The molecule has 1 aliphatic heterocycles. The maximum atomic E-state index is 11.3. The van der Waals surface area contributed by atoms with Crippen molar-refractivity contribution in [2.45, 2.75) is 37.6 Å². The Morgan fingerprint density at radius 2 is 2.14 bits per heavy atom. The van der Waals surface area contributed by atoms with Crippen LogP contribution in [0.1, 0.15) is 42.9 Å². The molecular formula is C21H19N7O. The number of hydrogen-bond acceptors (Lipinski definition) is 5. The normalized spacial score (nSPS) is 19.7. The van der Waals surface area contributed by atoms with Gasteiger partial charge >= 0.3 is 0 Å². The van der Waals surface area contributed by atoms with Gasteiger partial charge in [-0.3, -0.25) is 14.2 Å². The standard InChI is InChI=1S/C21H19N7O/c22-16(29)11-18-26-25-17-10-12(6-8-27(17)18)20-19(15-3-1-2-7-23-15)24-21-13-4-5-14(9-13)28(20)21/h1-3,6-8,10,13-14H,4-5,9,11H2,(H2,22,29)/t13-,14+/m1/s1. The van der Waals surface area contributed by atoms with Gasteiger partial charge in [0.05, 0.1) is 17.8 Å². The van der Waals surface area contributed by atoms with Gasteiger partial charge in [0.25, 0.3) is 0 Å². The molecule has 0 aromatic carbocycles. The van der Waals surface area contributed by atoms with E-state index in [2.05, 4.69) is 19.7 Å². The van der Waals surface area contributed by atoms with Crippen molar-refractivity contribution in [1.82, 2.24) is 29.1 Å². The minimum Gasteiger partial charge on any atom is -0.369 e. The molecule has 1 fully saturated rings. The van der Waals surface area contributed by atoms with Gasteiger partial charge in [-0.1, -0.05) is 6.07 Å². The summed E-state index contributed by atoms with van der Waals surface area (Å²) in [6.07, 6.45) is 7.34. The minimum atomic E-state index is -0.426. The van der Waals surface area contributed by atoms with Crippen molar-refractivity contribution in [2.75, 3.05) is 0 Å². The summed E-state index contributed by atoms with van der Waals surface area (Å²) in [7, 11) is 0. The number of nitrogens with zero attached hydrogens (tertiary/aromatic N) is 6. The van der Waals surface area contributed by atoms with Crippen LogP contribution in [0.2, 0.25) is 0 Å². The van der Waals surface area contributed by atoms with Gasteiger partial charge in [-0.25, -0.2) is 4.98 Å². The first kappa shape index (κ1) is 16.4. The summed E-state index contributed by atoms with van der Waals surface area (Å²) in [4.78, 5) is 20.9. The SMILES string of the molecule is NC(=O)Cc1nnc2cc(-c3c(-c4ccccn4)nc4n3[C@H]3CC[C@@H]4C3)ccn12. The molecule has 1 saturated carbocycles. The Balaban J connectivity index is 1.55. The molecule has 6 rings (SSSR count). The van der Waals surface area contributed by atoms with Gasteiger partial charge in [0.2, 0.25) is 5.91 Å². The molecule has 5 heterocycles. The number of carbonyl (C=O) groups is 1. The average Bonchev–Trinajstić information content (AvgIpc) is 3.49. The van der Waals surface area contributed by atoms with Gasteiger partial charge < -0.3 is 10.3 Å². The number of rotatable bonds is 4. The van der Waals surface area contributed by atoms with E-state index >= 15 is 0 Å². The van der Waals surface area contributed by atoms with Crippen LogP contribution in [0.5, 0.6) is 0 Å². The highest BCUT2D eigenvalue weighted by atomic mass is 16.1. The van der Waals surface area contributed by atoms with Crippen molar-refractivity contribution in [3.63, 3.8) is 0 Å². The van der Waals surface area contributed by atoms with Crippen LogP contribution in [-0.2, 0) is 11.2 Å². The highest BCUT2D eigenvalue weighted by Gasteiger charge is 2.41. The number of hydrogen-bond donors (Lipinski definition) is 1. The molecule has 4 aromatic heterocycles. The molecule has 2 bridgehead atoms. The molecule has 2 atom stereocenters. The predicted molar refractivity (Wildman–Crippen MR) is 106 cm³/mol. The zero-order valence-electron chi connectivity index (χ0n) is 15.7. The molecule has 0 saturated heterocycles. The third-order valence-electron chi connectivity index (χ3n) is 6.07. The van der Waals surface area contributed by atoms with E-state index in [-0.39, 0.29) is 6.42 Å². The Morgan fingerprint density at radius 1 is 1.21 bits per heavy atom. The Labute approximate surface area is 166 Å². The lowest BCUT2D eigenvalue weighted by atomic mass is 10.1. The summed E-state index contributed by atoms with van der Waals surface area (Å²) >= 11 is 0. The smallest absolute Gasteiger partial charge is 0.225 e. The van der Waals surface area contributed by atoms with E-state index in [4.69, 9.17) is 10.7 Å². The Morgan fingerprint density at radius 3 is 2.97 bits per heavy atom. The van der Waals surface area contributed by atoms with E-state index in [0.717, 1.165) is 22.6 Å². The average molecular weight is 385 g/mol. The summed E-state index contributed by atoms with van der Waals surface area (Å²) in [5, 5.41) is 8.37. The van der Waals surface area contributed by atoms with Crippen molar-refractivity contribution >= 4 is 11.6 Å². The van der Waals surface area contributed by atoms with Gasteiger partial charge in [0, 0.05) is 29.9 Å². The van der Waals surface area contributed by atoms with Crippen LogP contribution in [0.4, 0.5) is 0 Å². The van der Waals surface area contributed by atoms with Crippen LogP contribution in [0.15, 0.2) is 42.7 Å². The van der Waals surface area contributed by atoms with Crippen LogP contribution < -0.4 is 5.73 Å². The maximum absolute atomic E-state index is 11.3. The largest absolute Gasteiger partial charge is 0.369 e. The number of carbonyl (C=O) groups excluding carboxylic acids is 1. The molecule has 0 spiro atoms. The fraction of sp³-hybridized carbons (Fsp3) is 0.286. The zero-order chi connectivity index (χ0) is 19.5. The second-order valence-electron chi connectivity index (χ2n) is 7.82. The van der Waals surface area contributed by atoms with Crippen LogP contribution in [-0.4, -0.2) is 35.0 Å². The first-order valence-corrected chi connectivity index (χ1v) is 9.85. The van der Waals surface area contributed by atoms with Gasteiger partial charge in [0.1, 0.15) is 17.3 Å². The molecular weight excluding hydrogens is 366 g/mol. The van der Waals surface area contributed by atoms with Crippen molar-refractivity contribution in [2.24, 2.45) is 5.73 Å². The third-order valence-corrected chi connectivity index (χ3v) is 6.07. The number of nitrogens with two attached hydrogens (primary N) is 1. The molecule has 2 aliphatic rings. The fourth-order valence-corrected chi connectivity index (χ4v) is 4.86. The minimum absolute atomic E-state index is 0.0610. The lowest BCUT2D eigenvalue weighted by Crippen LogP contribution is -2.15. The number of aromatic nitrogens is 6. The van der Waals surface area contributed by atoms with Crippen LogP contribution in [0, 0.1) is 0 Å². The van der Waals surface area contributed by atoms with Crippen LogP contribution in [0.3, 0.4) is 0 Å². The molecule has 2 N–H and O–H groups in total. The van der Waals surface area contributed by atoms with Crippen molar-refractivity contribution < 1.29 is 4.79 Å². The molecule has 8 heteroatoms. The summed E-state index contributed by atoms with van der Waals surface area (Å²) in [5.41, 5.74) is 9.92. The van der Waals surface area contributed by atoms with Crippen LogP contribution in [0.25, 0.3) is 28.3 Å². The topological polar surface area (TPSA) is 104 Å². The van der Waals surface area contributed by atoms with E-state index in [9.17, 15) is 4.79 Å². The number of imidazole rings is 1. The Kier molecular flexibility index (Phi) is 3.38. The lowest BCUT2D eigenvalue weighted by molar-refractivity contribution is -0.117. The molecule has 0 unspecified atom stereocenters. The summed E-state index contributed by atoms with van der Waals surface area (Å²) in [5.74, 6) is 1.83. The summed E-state index contributed by atoms with van der Waals surface area (Å²) in [6, 6.07) is 10.4. The first-order chi connectivity index (χ1) is 14.2. The molecule has 0 radical (unpaired) electrons. The number of primary amides is 1. The number of amides is 1. The van der Waals surface area contributed by atoms with Crippen molar-refractivity contribution in [1.29, 1.82) is 0 Å². The van der Waals surface area contributed by atoms with Gasteiger partial charge in [0.15, 0.2) is 5.65 Å². The van der Waals surface area contributed by atoms with Crippen molar-refractivity contribution in [3.8, 4) is 22.6 Å². The Hall–Kier alpha value is -3.55. The maximum Gasteiger partial charge on any atom is 0.225 e. The Bertz CT molecular complexity index is 1260. The van der Waals surface area contributed by atoms with E-state index < -0.39 is 5.91 Å². The van der Waals surface area contributed by atoms with Crippen LogP contribution >= 0.6 is 0 Å². The molecule has 1 amide bonds. The quantitative estimate of drug-likeness (QED) is 0.581. The molecule has 8 nitrogen and oxygen atoms in total. The highest BCUT2D eigenvalue weighted by Crippen LogP contribution is 2.52. The number of fused-ring (bicyclic) bond motifs is 6. The van der Waals surface area contributed by atoms with Crippen molar-refractivity contribution in [3.05, 3.63) is 54.4 Å². The molecule has 4 aromatic rings. The molecule has 29 heavy (non-hydrogen) atoms. The molecule has 1 aliphatic carbocycles. The summed E-state index contributed by atoms with van der Waals surface area (Å²) < 4.78 is 4.22. The van der Waals surface area contributed by atoms with E-state index in [1.807, 2.05) is 40.9 Å². The fourth-order valence-electron chi connectivity index (χ4n) is 4.86. The van der Waals surface area contributed by atoms with Gasteiger partial charge in [-0.2, -0.15) is 0 Å². The van der Waals surface area contributed by atoms with E-state index in [1.165, 1.54) is 25.1 Å². The van der Waals surface area contributed by atoms with Gasteiger partial charge in [-0.05, 0) is 43.5 Å². The first-order valence-electron chi connectivity index (χ1n) is 9.85. The van der Waals surface area contributed by atoms with Gasteiger partial charge in [-0.15, -0.1) is 10.2 Å². The predicted octanol–water partition coefficient (Wildman–Crippen LogP) is 2.50. The second kappa shape index (κ2) is 5.97. The third kappa shape index (κ3) is 2.41.